The summed E-state index contributed by atoms with van der Waals surface area (Å²) in [5, 5.41) is 0. The maximum Gasteiger partial charge on any atom is 0.237 e. The van der Waals surface area contributed by atoms with Crippen molar-refractivity contribution in [3.05, 3.63) is 35.9 Å². The van der Waals surface area contributed by atoms with Crippen LogP contribution in [0.3, 0.4) is 0 Å². The number of hydrogen-bond acceptors (Lipinski definition) is 3. The summed E-state index contributed by atoms with van der Waals surface area (Å²) in [6, 6.07) is 10.6. The Morgan fingerprint density at radius 2 is 2.09 bits per heavy atom. The van der Waals surface area contributed by atoms with Crippen molar-refractivity contribution in [2.45, 2.75) is 38.8 Å². The van der Waals surface area contributed by atoms with E-state index in [1.807, 2.05) is 30.1 Å². The van der Waals surface area contributed by atoms with E-state index in [0.717, 1.165) is 13.0 Å². The van der Waals surface area contributed by atoms with Gasteiger partial charge in [-0.1, -0.05) is 37.3 Å². The number of amides is 1. The van der Waals surface area contributed by atoms with Crippen LogP contribution in [0.1, 0.15) is 38.3 Å². The molecule has 0 spiro atoms. The number of benzene rings is 1. The molecule has 1 aromatic carbocycles. The molecule has 22 heavy (non-hydrogen) atoms. The van der Waals surface area contributed by atoms with Gasteiger partial charge in [0.05, 0.1) is 12.6 Å². The molecule has 0 saturated carbocycles. The van der Waals surface area contributed by atoms with Crippen molar-refractivity contribution < 1.29 is 4.79 Å². The molecule has 0 bridgehead atoms. The minimum Gasteiger partial charge on any atom is -0.338 e. The quantitative estimate of drug-likeness (QED) is 0.908. The average Bonchev–Trinajstić information content (AvgIpc) is 2.54. The molecule has 0 radical (unpaired) electrons. The molecule has 1 aliphatic heterocycles. The van der Waals surface area contributed by atoms with Crippen LogP contribution >= 0.6 is 0 Å². The molecular formula is C18H29N3O. The molecule has 0 aliphatic carbocycles. The summed E-state index contributed by atoms with van der Waals surface area (Å²) < 4.78 is 0. The minimum absolute atomic E-state index is 0.0900. The van der Waals surface area contributed by atoms with Crippen LogP contribution < -0.4 is 5.73 Å². The van der Waals surface area contributed by atoms with Crippen LogP contribution in [0.2, 0.25) is 0 Å². The van der Waals surface area contributed by atoms with E-state index in [9.17, 15) is 4.79 Å². The topological polar surface area (TPSA) is 49.6 Å². The molecular weight excluding hydrogens is 274 g/mol. The molecule has 4 heteroatoms. The van der Waals surface area contributed by atoms with E-state index < -0.39 is 0 Å². The lowest BCUT2D eigenvalue weighted by molar-refractivity contribution is -0.134. The van der Waals surface area contributed by atoms with Gasteiger partial charge in [-0.15, -0.1) is 0 Å². The van der Waals surface area contributed by atoms with Gasteiger partial charge >= 0.3 is 0 Å². The third kappa shape index (κ3) is 3.87. The standard InChI is InChI=1S/C18H29N3O/c1-14-8-7-11-21(17(14)12-19)13-18(22)20(3)15(2)16-9-5-4-6-10-16/h4-6,9-10,14-15,17H,7-8,11-13,19H2,1-3H3. The molecule has 1 fully saturated rings. The second-order valence-electron chi connectivity index (χ2n) is 6.48. The van der Waals surface area contributed by atoms with Crippen molar-refractivity contribution in [1.82, 2.24) is 9.80 Å². The maximum atomic E-state index is 12.6. The molecule has 1 saturated heterocycles. The molecule has 1 aliphatic rings. The predicted molar refractivity (Wildman–Crippen MR) is 90.4 cm³/mol. The third-order valence-corrected chi connectivity index (χ3v) is 5.07. The number of rotatable bonds is 5. The molecule has 122 valence electrons. The Balaban J connectivity index is 1.98. The number of carbonyl (C=O) groups is 1. The van der Waals surface area contributed by atoms with Gasteiger partial charge in [0.25, 0.3) is 0 Å². The highest BCUT2D eigenvalue weighted by molar-refractivity contribution is 5.78. The van der Waals surface area contributed by atoms with Gasteiger partial charge in [0.1, 0.15) is 0 Å². The van der Waals surface area contributed by atoms with Crippen LogP contribution in [0.25, 0.3) is 0 Å². The highest BCUT2D eigenvalue weighted by Crippen LogP contribution is 2.23. The number of piperidine rings is 1. The number of likely N-dealkylation sites (tertiary alicyclic amines) is 1. The van der Waals surface area contributed by atoms with Gasteiger partial charge in [-0.05, 0) is 37.8 Å². The van der Waals surface area contributed by atoms with Crippen LogP contribution in [0.15, 0.2) is 30.3 Å². The largest absolute Gasteiger partial charge is 0.338 e. The summed E-state index contributed by atoms with van der Waals surface area (Å²) in [6.45, 7) is 6.40. The normalized spacial score (nSPS) is 24.0. The zero-order valence-corrected chi connectivity index (χ0v) is 14.0. The summed E-state index contributed by atoms with van der Waals surface area (Å²) in [5.74, 6) is 0.743. The van der Waals surface area contributed by atoms with Crippen molar-refractivity contribution in [2.75, 3.05) is 26.7 Å². The van der Waals surface area contributed by atoms with Crippen LogP contribution in [0, 0.1) is 5.92 Å². The first kappa shape index (κ1) is 17.0. The second-order valence-corrected chi connectivity index (χ2v) is 6.48. The van der Waals surface area contributed by atoms with Crippen LogP contribution in [0.4, 0.5) is 0 Å². The highest BCUT2D eigenvalue weighted by Gasteiger charge is 2.30. The summed E-state index contributed by atoms with van der Waals surface area (Å²) in [7, 11) is 1.89. The molecule has 4 nitrogen and oxygen atoms in total. The van der Waals surface area contributed by atoms with Gasteiger partial charge in [0, 0.05) is 19.6 Å². The Morgan fingerprint density at radius 3 is 2.73 bits per heavy atom. The van der Waals surface area contributed by atoms with Gasteiger partial charge in [-0.3, -0.25) is 9.69 Å². The summed E-state index contributed by atoms with van der Waals surface area (Å²) in [5.41, 5.74) is 7.09. The SMILES string of the molecule is CC1CCCN(CC(=O)N(C)C(C)c2ccccc2)C1CN. The zero-order valence-electron chi connectivity index (χ0n) is 14.0. The van der Waals surface area contributed by atoms with Gasteiger partial charge in [0.2, 0.25) is 5.91 Å². The van der Waals surface area contributed by atoms with E-state index in [-0.39, 0.29) is 11.9 Å². The Labute approximate surface area is 134 Å². The Hall–Kier alpha value is -1.39. The average molecular weight is 303 g/mol. The van der Waals surface area contributed by atoms with E-state index in [4.69, 9.17) is 5.73 Å². The van der Waals surface area contributed by atoms with Crippen molar-refractivity contribution in [3.63, 3.8) is 0 Å². The van der Waals surface area contributed by atoms with Crippen molar-refractivity contribution in [1.29, 1.82) is 0 Å². The number of nitrogens with zero attached hydrogens (tertiary/aromatic N) is 2. The third-order valence-electron chi connectivity index (χ3n) is 5.07. The van der Waals surface area contributed by atoms with Gasteiger partial charge < -0.3 is 10.6 Å². The molecule has 2 rings (SSSR count). The van der Waals surface area contributed by atoms with Gasteiger partial charge in [-0.25, -0.2) is 0 Å². The lowest BCUT2D eigenvalue weighted by Gasteiger charge is -2.40. The summed E-state index contributed by atoms with van der Waals surface area (Å²) in [4.78, 5) is 16.8. The van der Waals surface area contributed by atoms with Gasteiger partial charge in [-0.2, -0.15) is 0 Å². The molecule has 1 aromatic rings. The summed E-state index contributed by atoms with van der Waals surface area (Å²) >= 11 is 0. The first-order valence-electron chi connectivity index (χ1n) is 8.29. The maximum absolute atomic E-state index is 12.6. The first-order valence-corrected chi connectivity index (χ1v) is 8.29. The fraction of sp³-hybridized carbons (Fsp3) is 0.611. The smallest absolute Gasteiger partial charge is 0.237 e. The zero-order chi connectivity index (χ0) is 16.1. The fourth-order valence-corrected chi connectivity index (χ4v) is 3.37. The molecule has 1 amide bonds. The van der Waals surface area contributed by atoms with Crippen LogP contribution in [-0.2, 0) is 4.79 Å². The van der Waals surface area contributed by atoms with Crippen molar-refractivity contribution >= 4 is 5.91 Å². The van der Waals surface area contributed by atoms with Gasteiger partial charge in [0.15, 0.2) is 0 Å². The highest BCUT2D eigenvalue weighted by atomic mass is 16.2. The number of hydrogen-bond donors (Lipinski definition) is 1. The molecule has 3 atom stereocenters. The number of nitrogens with two attached hydrogens (primary N) is 1. The van der Waals surface area contributed by atoms with E-state index in [1.165, 1.54) is 12.0 Å². The fourth-order valence-electron chi connectivity index (χ4n) is 3.37. The molecule has 2 N–H and O–H groups in total. The number of carbonyl (C=O) groups excluding carboxylic acids is 1. The Morgan fingerprint density at radius 1 is 1.41 bits per heavy atom. The van der Waals surface area contributed by atoms with E-state index in [1.54, 1.807) is 0 Å². The number of likely N-dealkylation sites (N-methyl/N-ethyl adjacent to an activating group) is 1. The molecule has 1 heterocycles. The summed E-state index contributed by atoms with van der Waals surface area (Å²) in [6.07, 6.45) is 2.37. The lowest BCUT2D eigenvalue weighted by atomic mass is 9.91. The lowest BCUT2D eigenvalue weighted by Crippen LogP contribution is -2.52. The van der Waals surface area contributed by atoms with E-state index >= 15 is 0 Å². The van der Waals surface area contributed by atoms with Crippen LogP contribution in [-0.4, -0.2) is 48.4 Å². The second kappa shape index (κ2) is 7.75. The predicted octanol–water partition coefficient (Wildman–Crippen LogP) is 2.27. The first-order chi connectivity index (χ1) is 10.5. The van der Waals surface area contributed by atoms with Crippen molar-refractivity contribution in [3.8, 4) is 0 Å². The molecule has 0 aromatic heterocycles. The van der Waals surface area contributed by atoms with E-state index in [0.29, 0.717) is 25.0 Å². The van der Waals surface area contributed by atoms with Crippen LogP contribution in [0.5, 0.6) is 0 Å². The monoisotopic (exact) mass is 303 g/mol. The Kier molecular flexibility index (Phi) is 5.98. The van der Waals surface area contributed by atoms with Crippen molar-refractivity contribution in [2.24, 2.45) is 11.7 Å². The van der Waals surface area contributed by atoms with E-state index in [2.05, 4.69) is 30.9 Å². The Bertz CT molecular complexity index is 476. The molecule has 3 unspecified atom stereocenters. The minimum atomic E-state index is 0.0900.